The van der Waals surface area contributed by atoms with E-state index in [4.69, 9.17) is 4.74 Å². The van der Waals surface area contributed by atoms with Gasteiger partial charge in [-0.3, -0.25) is 9.48 Å². The van der Waals surface area contributed by atoms with Crippen molar-refractivity contribution in [3.63, 3.8) is 0 Å². The molecule has 1 atom stereocenters. The largest absolute Gasteiger partial charge is 0.378 e. The van der Waals surface area contributed by atoms with Gasteiger partial charge >= 0.3 is 0 Å². The first-order valence-corrected chi connectivity index (χ1v) is 6.22. The van der Waals surface area contributed by atoms with Crippen LogP contribution in [0.15, 0.2) is 6.33 Å². The molecule has 1 unspecified atom stereocenters. The molecule has 5 nitrogen and oxygen atoms in total. The van der Waals surface area contributed by atoms with Gasteiger partial charge in [-0.15, -0.1) is 0 Å². The van der Waals surface area contributed by atoms with Crippen LogP contribution in [0.4, 0.5) is 0 Å². The summed E-state index contributed by atoms with van der Waals surface area (Å²) < 4.78 is 7.25. The van der Waals surface area contributed by atoms with Crippen molar-refractivity contribution >= 4 is 5.78 Å². The minimum absolute atomic E-state index is 0.218. The fourth-order valence-electron chi connectivity index (χ4n) is 2.10. The molecule has 17 heavy (non-hydrogen) atoms. The van der Waals surface area contributed by atoms with Crippen LogP contribution in [0, 0.1) is 0 Å². The lowest BCUT2D eigenvalue weighted by Gasteiger charge is -2.22. The van der Waals surface area contributed by atoms with Gasteiger partial charge in [0.25, 0.3) is 0 Å². The summed E-state index contributed by atoms with van der Waals surface area (Å²) in [5, 5.41) is 3.95. The number of hydrogen-bond acceptors (Lipinski definition) is 4. The predicted octanol–water partition coefficient (Wildman–Crippen LogP) is 1.28. The standard InChI is InChI=1S/C12H19N3O2/c1-15-12(13-9-14-15)8-10(16)5-6-11-4-2-3-7-17-11/h9,11H,2-8H2,1H3. The van der Waals surface area contributed by atoms with Gasteiger partial charge in [-0.2, -0.15) is 5.10 Å². The summed E-state index contributed by atoms with van der Waals surface area (Å²) in [5.41, 5.74) is 0. The molecule has 1 aliphatic heterocycles. The second-order valence-corrected chi connectivity index (χ2v) is 4.54. The van der Waals surface area contributed by atoms with Gasteiger partial charge < -0.3 is 4.74 Å². The first-order chi connectivity index (χ1) is 8.25. The van der Waals surface area contributed by atoms with E-state index in [1.807, 2.05) is 0 Å². The number of hydrogen-bond donors (Lipinski definition) is 0. The summed E-state index contributed by atoms with van der Waals surface area (Å²) in [6, 6.07) is 0. The second kappa shape index (κ2) is 5.91. The number of nitrogens with zero attached hydrogens (tertiary/aromatic N) is 3. The van der Waals surface area contributed by atoms with Gasteiger partial charge in [-0.05, 0) is 25.7 Å². The molecule has 1 aromatic rings. The van der Waals surface area contributed by atoms with Crippen molar-refractivity contribution in [1.82, 2.24) is 14.8 Å². The molecule has 1 fully saturated rings. The molecule has 0 aromatic carbocycles. The Hall–Kier alpha value is -1.23. The fourth-order valence-corrected chi connectivity index (χ4v) is 2.10. The zero-order valence-corrected chi connectivity index (χ0v) is 10.3. The third-order valence-electron chi connectivity index (χ3n) is 3.18. The van der Waals surface area contributed by atoms with Crippen LogP contribution in [0.25, 0.3) is 0 Å². The maximum Gasteiger partial charge on any atom is 0.140 e. The number of carbonyl (C=O) groups excluding carboxylic acids is 1. The summed E-state index contributed by atoms with van der Waals surface area (Å²) in [6.45, 7) is 0.849. The topological polar surface area (TPSA) is 57.0 Å². The van der Waals surface area contributed by atoms with Crippen molar-refractivity contribution in [2.45, 2.75) is 44.6 Å². The quantitative estimate of drug-likeness (QED) is 0.774. The highest BCUT2D eigenvalue weighted by Crippen LogP contribution is 2.17. The van der Waals surface area contributed by atoms with Crippen LogP contribution in [0.5, 0.6) is 0 Å². The second-order valence-electron chi connectivity index (χ2n) is 4.54. The van der Waals surface area contributed by atoms with Gasteiger partial charge in [0.05, 0.1) is 12.5 Å². The Labute approximate surface area is 101 Å². The summed E-state index contributed by atoms with van der Waals surface area (Å²) in [4.78, 5) is 15.8. The average molecular weight is 237 g/mol. The van der Waals surface area contributed by atoms with Crippen LogP contribution in [-0.2, 0) is 23.0 Å². The van der Waals surface area contributed by atoms with Crippen molar-refractivity contribution in [1.29, 1.82) is 0 Å². The average Bonchev–Trinajstić information content (AvgIpc) is 2.74. The van der Waals surface area contributed by atoms with Crippen LogP contribution < -0.4 is 0 Å². The zero-order valence-electron chi connectivity index (χ0n) is 10.3. The van der Waals surface area contributed by atoms with Gasteiger partial charge in [0.2, 0.25) is 0 Å². The van der Waals surface area contributed by atoms with Gasteiger partial charge in [-0.25, -0.2) is 4.98 Å². The lowest BCUT2D eigenvalue weighted by atomic mass is 10.0. The molecule has 0 aliphatic carbocycles. The Morgan fingerprint density at radius 3 is 3.12 bits per heavy atom. The molecule has 1 aromatic heterocycles. The van der Waals surface area contributed by atoms with Crippen LogP contribution in [0.1, 0.15) is 37.9 Å². The molecule has 2 rings (SSSR count). The van der Waals surface area contributed by atoms with E-state index in [9.17, 15) is 4.79 Å². The van der Waals surface area contributed by atoms with E-state index in [1.54, 1.807) is 11.7 Å². The minimum Gasteiger partial charge on any atom is -0.378 e. The van der Waals surface area contributed by atoms with E-state index in [0.717, 1.165) is 31.7 Å². The lowest BCUT2D eigenvalue weighted by molar-refractivity contribution is -0.119. The molecular formula is C12H19N3O2. The number of ketones is 1. The predicted molar refractivity (Wildman–Crippen MR) is 62.5 cm³/mol. The Kier molecular flexibility index (Phi) is 4.25. The molecule has 0 saturated carbocycles. The fraction of sp³-hybridized carbons (Fsp3) is 0.750. The van der Waals surface area contributed by atoms with Crippen LogP contribution in [-0.4, -0.2) is 33.3 Å². The highest BCUT2D eigenvalue weighted by molar-refractivity contribution is 5.80. The number of aryl methyl sites for hydroxylation is 1. The summed E-state index contributed by atoms with van der Waals surface area (Å²) >= 11 is 0. The molecule has 1 saturated heterocycles. The van der Waals surface area contributed by atoms with Crippen LogP contribution >= 0.6 is 0 Å². The van der Waals surface area contributed by atoms with Crippen molar-refractivity contribution in [2.24, 2.45) is 7.05 Å². The monoisotopic (exact) mass is 237 g/mol. The number of Topliss-reactive ketones (excluding diaryl/α,β-unsaturated/α-hetero) is 1. The molecule has 5 heteroatoms. The molecule has 0 N–H and O–H groups in total. The van der Waals surface area contributed by atoms with E-state index in [1.165, 1.54) is 12.7 Å². The van der Waals surface area contributed by atoms with E-state index < -0.39 is 0 Å². The van der Waals surface area contributed by atoms with Crippen molar-refractivity contribution < 1.29 is 9.53 Å². The van der Waals surface area contributed by atoms with Crippen molar-refractivity contribution in [3.8, 4) is 0 Å². The van der Waals surface area contributed by atoms with E-state index in [0.29, 0.717) is 12.8 Å². The molecule has 0 radical (unpaired) electrons. The Balaban J connectivity index is 1.72. The number of aromatic nitrogens is 3. The van der Waals surface area contributed by atoms with Crippen LogP contribution in [0.2, 0.25) is 0 Å². The third kappa shape index (κ3) is 3.63. The highest BCUT2D eigenvalue weighted by atomic mass is 16.5. The molecule has 0 spiro atoms. The SMILES string of the molecule is Cn1ncnc1CC(=O)CCC1CCCCO1. The Morgan fingerprint density at radius 1 is 1.59 bits per heavy atom. The maximum absolute atomic E-state index is 11.8. The normalized spacial score (nSPS) is 20.4. The molecule has 0 bridgehead atoms. The van der Waals surface area contributed by atoms with E-state index in [2.05, 4.69) is 10.1 Å². The summed E-state index contributed by atoms with van der Waals surface area (Å²) in [5.74, 6) is 0.954. The summed E-state index contributed by atoms with van der Waals surface area (Å²) in [6.07, 6.45) is 7.04. The van der Waals surface area contributed by atoms with Crippen molar-refractivity contribution in [2.75, 3.05) is 6.61 Å². The molecule has 94 valence electrons. The van der Waals surface area contributed by atoms with E-state index >= 15 is 0 Å². The summed E-state index contributed by atoms with van der Waals surface area (Å²) in [7, 11) is 1.81. The minimum atomic E-state index is 0.218. The van der Waals surface area contributed by atoms with Crippen LogP contribution in [0.3, 0.4) is 0 Å². The Bertz CT molecular complexity index is 370. The molecular weight excluding hydrogens is 218 g/mol. The molecule has 0 amide bonds. The molecule has 1 aliphatic rings. The maximum atomic E-state index is 11.8. The smallest absolute Gasteiger partial charge is 0.140 e. The third-order valence-corrected chi connectivity index (χ3v) is 3.18. The highest BCUT2D eigenvalue weighted by Gasteiger charge is 2.16. The Morgan fingerprint density at radius 2 is 2.47 bits per heavy atom. The van der Waals surface area contributed by atoms with Gasteiger partial charge in [0, 0.05) is 20.1 Å². The van der Waals surface area contributed by atoms with Gasteiger partial charge in [-0.1, -0.05) is 0 Å². The van der Waals surface area contributed by atoms with Gasteiger partial charge in [0.15, 0.2) is 0 Å². The molecule has 2 heterocycles. The van der Waals surface area contributed by atoms with E-state index in [-0.39, 0.29) is 11.9 Å². The van der Waals surface area contributed by atoms with Crippen molar-refractivity contribution in [3.05, 3.63) is 12.2 Å². The number of rotatable bonds is 5. The first-order valence-electron chi connectivity index (χ1n) is 6.22. The first kappa shape index (κ1) is 12.2. The van der Waals surface area contributed by atoms with Gasteiger partial charge in [0.1, 0.15) is 17.9 Å². The number of ether oxygens (including phenoxy) is 1. The number of carbonyl (C=O) groups is 1. The zero-order chi connectivity index (χ0) is 12.1. The lowest BCUT2D eigenvalue weighted by Crippen LogP contribution is -2.20.